The average Bonchev–Trinajstić information content (AvgIpc) is 3.14. The minimum atomic E-state index is -0.168. The van der Waals surface area contributed by atoms with Crippen molar-refractivity contribution in [2.75, 3.05) is 84.1 Å². The second-order valence-corrected chi connectivity index (χ2v) is 12.0. The molecular formula is C40H51N3O9. The van der Waals surface area contributed by atoms with Gasteiger partial charge in [0.1, 0.15) is 5.75 Å². The first-order chi connectivity index (χ1) is 25.5. The molecule has 12 heteroatoms. The largest absolute Gasteiger partial charge is 0.508 e. The van der Waals surface area contributed by atoms with E-state index >= 15 is 0 Å². The van der Waals surface area contributed by atoms with Crippen LogP contribution in [0.3, 0.4) is 0 Å². The number of ether oxygens (including phenoxy) is 5. The maximum atomic E-state index is 13.3. The van der Waals surface area contributed by atoms with Crippen LogP contribution >= 0.6 is 0 Å². The predicted molar refractivity (Wildman–Crippen MR) is 199 cm³/mol. The van der Waals surface area contributed by atoms with Gasteiger partial charge in [0.05, 0.1) is 78.3 Å². The Labute approximate surface area is 306 Å². The van der Waals surface area contributed by atoms with Gasteiger partial charge in [0.2, 0.25) is 17.7 Å². The number of carbonyl (C=O) groups excluding carboxylic acids is 3. The summed E-state index contributed by atoms with van der Waals surface area (Å²) in [6, 6.07) is 22.8. The maximum Gasteiger partial charge on any atom is 0.229 e. The highest BCUT2D eigenvalue weighted by atomic mass is 16.6. The van der Waals surface area contributed by atoms with E-state index in [-0.39, 0.29) is 55.9 Å². The number of benzene rings is 3. The minimum Gasteiger partial charge on any atom is -0.508 e. The van der Waals surface area contributed by atoms with Crippen LogP contribution in [0.1, 0.15) is 41.5 Å². The van der Waals surface area contributed by atoms with Gasteiger partial charge in [-0.3, -0.25) is 14.4 Å². The number of amides is 3. The number of aromatic hydroxyl groups is 1. The number of anilines is 1. The van der Waals surface area contributed by atoms with Crippen LogP contribution in [0.4, 0.5) is 5.69 Å². The van der Waals surface area contributed by atoms with Crippen molar-refractivity contribution in [1.29, 1.82) is 0 Å². The monoisotopic (exact) mass is 717 g/mol. The van der Waals surface area contributed by atoms with Gasteiger partial charge in [-0.15, -0.1) is 0 Å². The van der Waals surface area contributed by atoms with Gasteiger partial charge in [-0.05, 0) is 46.9 Å². The molecule has 0 atom stereocenters. The fourth-order valence-electron chi connectivity index (χ4n) is 5.31. The maximum absolute atomic E-state index is 13.3. The summed E-state index contributed by atoms with van der Waals surface area (Å²) in [6.07, 6.45) is 5.49. The van der Waals surface area contributed by atoms with Crippen molar-refractivity contribution >= 4 is 35.6 Å². The van der Waals surface area contributed by atoms with Crippen molar-refractivity contribution in [3.63, 3.8) is 0 Å². The number of para-hydroxylation sites is 1. The molecule has 0 spiro atoms. The van der Waals surface area contributed by atoms with Crippen molar-refractivity contribution < 1.29 is 43.2 Å². The smallest absolute Gasteiger partial charge is 0.229 e. The fraction of sp³-hybridized carbons (Fsp3) is 0.425. The first-order valence-electron chi connectivity index (χ1n) is 17.8. The zero-order valence-electron chi connectivity index (χ0n) is 29.8. The summed E-state index contributed by atoms with van der Waals surface area (Å²) in [7, 11) is 0. The molecule has 4 rings (SSSR count). The quantitative estimate of drug-likeness (QED) is 0.117. The Bertz CT molecular complexity index is 1550. The van der Waals surface area contributed by atoms with Crippen LogP contribution in [0.15, 0.2) is 72.8 Å². The molecule has 3 amide bonds. The number of rotatable bonds is 24. The molecule has 0 bridgehead atoms. The predicted octanol–water partition coefficient (Wildman–Crippen LogP) is 4.14. The molecular weight excluding hydrogens is 666 g/mol. The number of phenols is 1. The second-order valence-electron chi connectivity index (χ2n) is 12.0. The summed E-state index contributed by atoms with van der Waals surface area (Å²) in [5.74, 6) is -0.0629. The van der Waals surface area contributed by atoms with Gasteiger partial charge in [-0.25, -0.2) is 0 Å². The van der Waals surface area contributed by atoms with Crippen LogP contribution < -0.4 is 15.5 Å². The molecule has 1 aliphatic rings. The Balaban J connectivity index is 0.908. The Morgan fingerprint density at radius 2 is 1.08 bits per heavy atom. The zero-order chi connectivity index (χ0) is 36.6. The van der Waals surface area contributed by atoms with Crippen LogP contribution in [0.25, 0.3) is 12.2 Å². The fourth-order valence-corrected chi connectivity index (χ4v) is 5.31. The van der Waals surface area contributed by atoms with E-state index in [1.165, 1.54) is 0 Å². The molecule has 52 heavy (non-hydrogen) atoms. The van der Waals surface area contributed by atoms with E-state index in [9.17, 15) is 19.5 Å². The highest BCUT2D eigenvalue weighted by Gasteiger charge is 2.20. The number of nitrogens with one attached hydrogen (secondary N) is 2. The van der Waals surface area contributed by atoms with Crippen molar-refractivity contribution in [3.8, 4) is 5.75 Å². The summed E-state index contributed by atoms with van der Waals surface area (Å²) in [6.45, 7) is 5.10. The number of phenolic OH excluding ortho intramolecular Hbond substituents is 1. The highest BCUT2D eigenvalue weighted by molar-refractivity contribution is 5.97. The van der Waals surface area contributed by atoms with Crippen LogP contribution in [0, 0.1) is 0 Å². The second kappa shape index (κ2) is 23.8. The Morgan fingerprint density at radius 1 is 0.577 bits per heavy atom. The number of hydrogen-bond donors (Lipinski definition) is 3. The van der Waals surface area contributed by atoms with Gasteiger partial charge in [0.15, 0.2) is 0 Å². The van der Waals surface area contributed by atoms with Gasteiger partial charge in [-0.2, -0.15) is 0 Å². The van der Waals surface area contributed by atoms with Gasteiger partial charge in [0.25, 0.3) is 0 Å². The SMILES string of the molecule is O=C(CCOCCOCCOCCOCCOCCC(=O)NCCc1ccc(O)cc1)NCCC(=O)N1Cc2ccccc2/C=C\c2ccccc21. The van der Waals surface area contributed by atoms with E-state index < -0.39 is 0 Å². The zero-order valence-corrected chi connectivity index (χ0v) is 29.8. The van der Waals surface area contributed by atoms with Gasteiger partial charge >= 0.3 is 0 Å². The Morgan fingerprint density at radius 3 is 1.69 bits per heavy atom. The van der Waals surface area contributed by atoms with E-state index in [4.69, 9.17) is 23.7 Å². The molecule has 280 valence electrons. The first-order valence-corrected chi connectivity index (χ1v) is 17.8. The van der Waals surface area contributed by atoms with Gasteiger partial charge in [0, 0.05) is 32.4 Å². The molecule has 0 aromatic heterocycles. The van der Waals surface area contributed by atoms with Crippen LogP contribution in [0.2, 0.25) is 0 Å². The lowest BCUT2D eigenvalue weighted by atomic mass is 10.0. The van der Waals surface area contributed by atoms with Crippen molar-refractivity contribution in [2.45, 2.75) is 32.2 Å². The molecule has 0 saturated heterocycles. The van der Waals surface area contributed by atoms with Crippen LogP contribution in [0.5, 0.6) is 5.75 Å². The Kier molecular flexibility index (Phi) is 18.4. The lowest BCUT2D eigenvalue weighted by molar-refractivity contribution is -0.123. The van der Waals surface area contributed by atoms with Gasteiger partial charge in [-0.1, -0.05) is 66.7 Å². The lowest BCUT2D eigenvalue weighted by Crippen LogP contribution is -2.35. The van der Waals surface area contributed by atoms with Crippen LogP contribution in [-0.2, 0) is 51.0 Å². The normalized spacial score (nSPS) is 12.7. The number of hydrogen-bond acceptors (Lipinski definition) is 9. The molecule has 3 N–H and O–H groups in total. The number of fused-ring (bicyclic) bond motifs is 2. The summed E-state index contributed by atoms with van der Waals surface area (Å²) in [4.78, 5) is 39.3. The molecule has 0 saturated carbocycles. The van der Waals surface area contributed by atoms with Gasteiger partial charge < -0.3 is 44.3 Å². The molecule has 0 radical (unpaired) electrons. The highest BCUT2D eigenvalue weighted by Crippen LogP contribution is 2.29. The molecule has 0 unspecified atom stereocenters. The van der Waals surface area contributed by atoms with E-state index in [0.717, 1.165) is 27.9 Å². The molecule has 1 aliphatic heterocycles. The van der Waals surface area contributed by atoms with E-state index in [0.29, 0.717) is 79.0 Å². The van der Waals surface area contributed by atoms with Crippen molar-refractivity contribution in [3.05, 3.63) is 95.1 Å². The van der Waals surface area contributed by atoms with Crippen molar-refractivity contribution in [2.24, 2.45) is 0 Å². The molecule has 12 nitrogen and oxygen atoms in total. The van der Waals surface area contributed by atoms with E-state index in [1.807, 2.05) is 66.7 Å². The topological polar surface area (TPSA) is 145 Å². The molecule has 3 aromatic carbocycles. The molecule has 3 aromatic rings. The summed E-state index contributed by atoms with van der Waals surface area (Å²) in [5, 5.41) is 15.0. The lowest BCUT2D eigenvalue weighted by Gasteiger charge is -2.27. The molecule has 0 aliphatic carbocycles. The van der Waals surface area contributed by atoms with E-state index in [2.05, 4.69) is 16.7 Å². The summed E-state index contributed by atoms with van der Waals surface area (Å²) >= 11 is 0. The first kappa shape index (κ1) is 40.2. The third kappa shape index (κ3) is 15.3. The van der Waals surface area contributed by atoms with E-state index in [1.54, 1.807) is 17.0 Å². The third-order valence-electron chi connectivity index (χ3n) is 8.12. The molecule has 0 fully saturated rings. The molecule has 1 heterocycles. The van der Waals surface area contributed by atoms with Crippen LogP contribution in [-0.4, -0.2) is 102 Å². The number of carbonyl (C=O) groups is 3. The number of nitrogens with zero attached hydrogens (tertiary/aromatic N) is 1. The average molecular weight is 718 g/mol. The standard InChI is InChI=1S/C40H51N3O9/c44-36-13-9-32(10-14-36)15-19-41-38(45)17-21-48-23-25-50-27-29-52-30-28-51-26-24-49-22-18-39(46)42-20-16-40(47)43-31-35-7-2-1-5-33(35)11-12-34-6-3-4-8-37(34)43/h1-14,44H,15-31H2,(H,41,45)(H,42,46)/b12-11-. The van der Waals surface area contributed by atoms with Crippen molar-refractivity contribution in [1.82, 2.24) is 10.6 Å². The summed E-state index contributed by atoms with van der Waals surface area (Å²) in [5.41, 5.74) is 5.03. The summed E-state index contributed by atoms with van der Waals surface area (Å²) < 4.78 is 27.4. The third-order valence-corrected chi connectivity index (χ3v) is 8.12. The minimum absolute atomic E-state index is 0.0530. The Hall–Kier alpha value is -4.59.